The first-order chi connectivity index (χ1) is 9.67. The molecule has 0 fully saturated rings. The highest BCUT2D eigenvalue weighted by Crippen LogP contribution is 2.07. The van der Waals surface area contributed by atoms with Crippen molar-refractivity contribution in [1.82, 2.24) is 4.90 Å². The molecule has 4 nitrogen and oxygen atoms in total. The van der Waals surface area contributed by atoms with E-state index in [1.165, 1.54) is 0 Å². The first-order valence-corrected chi connectivity index (χ1v) is 6.68. The van der Waals surface area contributed by atoms with Gasteiger partial charge in [0.1, 0.15) is 0 Å². The summed E-state index contributed by atoms with van der Waals surface area (Å²) in [6.07, 6.45) is 1.28. The number of amides is 1. The highest BCUT2D eigenvalue weighted by atomic mass is 16.5. The maximum Gasteiger partial charge on any atom is 0.222 e. The van der Waals surface area contributed by atoms with Gasteiger partial charge in [-0.15, -0.1) is 0 Å². The van der Waals surface area contributed by atoms with Crippen LogP contribution in [0.5, 0.6) is 0 Å². The highest BCUT2D eigenvalue weighted by Gasteiger charge is 2.08. The second-order valence-electron chi connectivity index (χ2n) is 4.55. The number of carbonyl (C=O) groups excluding carboxylic acids is 1. The summed E-state index contributed by atoms with van der Waals surface area (Å²) in [5.41, 5.74) is 7.36. The van der Waals surface area contributed by atoms with Gasteiger partial charge in [0.15, 0.2) is 0 Å². The summed E-state index contributed by atoms with van der Waals surface area (Å²) in [6.45, 7) is 1.59. The molecule has 1 aromatic carbocycles. The molecule has 1 aromatic rings. The minimum absolute atomic E-state index is 0.133. The van der Waals surface area contributed by atoms with Crippen LogP contribution in [-0.2, 0) is 16.1 Å². The molecule has 0 unspecified atom stereocenters. The van der Waals surface area contributed by atoms with Crippen molar-refractivity contribution >= 4 is 5.91 Å². The first-order valence-electron chi connectivity index (χ1n) is 6.68. The highest BCUT2D eigenvalue weighted by molar-refractivity contribution is 5.75. The molecule has 108 valence electrons. The van der Waals surface area contributed by atoms with Crippen LogP contribution in [0, 0.1) is 11.8 Å². The summed E-state index contributed by atoms with van der Waals surface area (Å²) in [6, 6.07) is 7.86. The van der Waals surface area contributed by atoms with Crippen molar-refractivity contribution in [1.29, 1.82) is 0 Å². The average molecular weight is 274 g/mol. The van der Waals surface area contributed by atoms with E-state index in [0.717, 1.165) is 17.5 Å². The van der Waals surface area contributed by atoms with Gasteiger partial charge in [0.05, 0.1) is 6.54 Å². The molecule has 0 radical (unpaired) electrons. The van der Waals surface area contributed by atoms with Gasteiger partial charge in [-0.1, -0.05) is 24.0 Å². The number of methoxy groups -OCH3 is 1. The van der Waals surface area contributed by atoms with Crippen LogP contribution >= 0.6 is 0 Å². The lowest BCUT2D eigenvalue weighted by atomic mass is 10.1. The third-order valence-electron chi connectivity index (χ3n) is 2.87. The molecular weight excluding hydrogens is 252 g/mol. The number of carbonyl (C=O) groups is 1. The number of ether oxygens (including phenoxy) is 1. The Morgan fingerprint density at radius 2 is 2.05 bits per heavy atom. The summed E-state index contributed by atoms with van der Waals surface area (Å²) in [4.78, 5) is 13.6. The average Bonchev–Trinajstić information content (AvgIpc) is 2.46. The third kappa shape index (κ3) is 5.87. The van der Waals surface area contributed by atoms with Crippen molar-refractivity contribution in [3.05, 3.63) is 35.4 Å². The number of hydrogen-bond acceptors (Lipinski definition) is 3. The van der Waals surface area contributed by atoms with E-state index in [-0.39, 0.29) is 5.91 Å². The molecule has 0 atom stereocenters. The van der Waals surface area contributed by atoms with Gasteiger partial charge in [-0.25, -0.2) is 0 Å². The Bertz CT molecular complexity index is 471. The van der Waals surface area contributed by atoms with Crippen LogP contribution in [0.4, 0.5) is 0 Å². The van der Waals surface area contributed by atoms with Crippen molar-refractivity contribution in [3.63, 3.8) is 0 Å². The number of hydrogen-bond donors (Lipinski definition) is 1. The van der Waals surface area contributed by atoms with E-state index in [1.807, 2.05) is 31.3 Å². The lowest BCUT2D eigenvalue weighted by Gasteiger charge is -2.17. The van der Waals surface area contributed by atoms with Crippen molar-refractivity contribution in [2.45, 2.75) is 19.4 Å². The van der Waals surface area contributed by atoms with E-state index in [1.54, 1.807) is 12.0 Å². The molecule has 1 amide bonds. The lowest BCUT2D eigenvalue weighted by molar-refractivity contribution is -0.130. The van der Waals surface area contributed by atoms with Gasteiger partial charge >= 0.3 is 0 Å². The van der Waals surface area contributed by atoms with Crippen LogP contribution in [-0.4, -0.2) is 38.1 Å². The Morgan fingerprint density at radius 3 is 2.65 bits per heavy atom. The molecular formula is C16H22N2O2. The van der Waals surface area contributed by atoms with E-state index < -0.39 is 0 Å². The Hall–Kier alpha value is -1.83. The lowest BCUT2D eigenvalue weighted by Crippen LogP contribution is -2.26. The largest absolute Gasteiger partial charge is 0.385 e. The number of nitrogens with zero attached hydrogens (tertiary/aromatic N) is 1. The van der Waals surface area contributed by atoms with E-state index in [9.17, 15) is 4.79 Å². The van der Waals surface area contributed by atoms with Crippen molar-refractivity contribution < 1.29 is 9.53 Å². The van der Waals surface area contributed by atoms with Crippen molar-refractivity contribution in [2.75, 3.05) is 27.3 Å². The van der Waals surface area contributed by atoms with Crippen molar-refractivity contribution in [2.24, 2.45) is 5.73 Å². The van der Waals surface area contributed by atoms with Crippen LogP contribution < -0.4 is 5.73 Å². The molecule has 20 heavy (non-hydrogen) atoms. The number of benzene rings is 1. The fraction of sp³-hybridized carbons (Fsp3) is 0.438. The first kappa shape index (κ1) is 16.2. The summed E-state index contributed by atoms with van der Waals surface area (Å²) in [5.74, 6) is 5.92. The van der Waals surface area contributed by atoms with E-state index >= 15 is 0 Å². The van der Waals surface area contributed by atoms with Crippen LogP contribution in [0.2, 0.25) is 0 Å². The summed E-state index contributed by atoms with van der Waals surface area (Å²) >= 11 is 0. The van der Waals surface area contributed by atoms with E-state index in [0.29, 0.717) is 26.1 Å². The van der Waals surface area contributed by atoms with E-state index in [2.05, 4.69) is 11.8 Å². The minimum atomic E-state index is 0.133. The van der Waals surface area contributed by atoms with Gasteiger partial charge in [0.25, 0.3) is 0 Å². The molecule has 0 aliphatic rings. The van der Waals surface area contributed by atoms with Gasteiger partial charge in [0, 0.05) is 39.3 Å². The normalized spacial score (nSPS) is 9.75. The minimum Gasteiger partial charge on any atom is -0.385 e. The van der Waals surface area contributed by atoms with Gasteiger partial charge in [0.2, 0.25) is 5.91 Å². The van der Waals surface area contributed by atoms with Crippen LogP contribution in [0.3, 0.4) is 0 Å². The monoisotopic (exact) mass is 274 g/mol. The predicted molar refractivity (Wildman–Crippen MR) is 80.0 cm³/mol. The van der Waals surface area contributed by atoms with Gasteiger partial charge in [-0.2, -0.15) is 0 Å². The number of rotatable bonds is 6. The van der Waals surface area contributed by atoms with Gasteiger partial charge < -0.3 is 15.4 Å². The Kier molecular flexibility index (Phi) is 7.41. The zero-order valence-corrected chi connectivity index (χ0v) is 12.2. The maximum atomic E-state index is 11.9. The Labute approximate surface area is 120 Å². The van der Waals surface area contributed by atoms with Crippen LogP contribution in [0.15, 0.2) is 24.3 Å². The predicted octanol–water partition coefficient (Wildman–Crippen LogP) is 1.38. The van der Waals surface area contributed by atoms with Crippen LogP contribution in [0.1, 0.15) is 24.0 Å². The smallest absolute Gasteiger partial charge is 0.222 e. The van der Waals surface area contributed by atoms with Gasteiger partial charge in [-0.3, -0.25) is 4.79 Å². The van der Waals surface area contributed by atoms with E-state index in [4.69, 9.17) is 10.5 Å². The second-order valence-corrected chi connectivity index (χ2v) is 4.55. The number of nitrogens with two attached hydrogens (primary N) is 1. The molecule has 0 heterocycles. The fourth-order valence-electron chi connectivity index (χ4n) is 1.77. The Morgan fingerprint density at radius 1 is 1.35 bits per heavy atom. The molecule has 0 saturated carbocycles. The molecule has 4 heteroatoms. The third-order valence-corrected chi connectivity index (χ3v) is 2.87. The zero-order chi connectivity index (χ0) is 14.8. The topological polar surface area (TPSA) is 55.6 Å². The van der Waals surface area contributed by atoms with Crippen molar-refractivity contribution in [3.8, 4) is 11.8 Å². The molecule has 1 rings (SSSR count). The SMILES string of the molecule is COCCCC(=O)N(C)Cc1ccc(C#CCN)cc1. The molecule has 0 aliphatic carbocycles. The molecule has 2 N–H and O–H groups in total. The zero-order valence-electron chi connectivity index (χ0n) is 12.2. The standard InChI is InChI=1S/C16H22N2O2/c1-18(16(19)6-4-12-20-2)13-15-9-7-14(8-10-15)5-3-11-17/h7-10H,4,6,11-13,17H2,1-2H3. The van der Waals surface area contributed by atoms with Gasteiger partial charge in [-0.05, 0) is 24.1 Å². The fourth-order valence-corrected chi connectivity index (χ4v) is 1.77. The summed E-state index contributed by atoms with van der Waals surface area (Å²) in [5, 5.41) is 0. The quantitative estimate of drug-likeness (QED) is 0.630. The molecule has 0 aromatic heterocycles. The molecule has 0 spiro atoms. The summed E-state index contributed by atoms with van der Waals surface area (Å²) in [7, 11) is 3.46. The van der Waals surface area contributed by atoms with Crippen LogP contribution in [0.25, 0.3) is 0 Å². The Balaban J connectivity index is 2.49. The molecule has 0 bridgehead atoms. The molecule has 0 saturated heterocycles. The summed E-state index contributed by atoms with van der Waals surface area (Å²) < 4.78 is 4.94. The maximum absolute atomic E-state index is 11.9. The molecule has 0 aliphatic heterocycles. The second kappa shape index (κ2) is 9.13.